The third-order valence-electron chi connectivity index (χ3n) is 6.19. The number of amides is 2. The molecule has 2 aromatic carbocycles. The number of hydrogen-bond acceptors (Lipinski definition) is 6. The van der Waals surface area contributed by atoms with E-state index in [2.05, 4.69) is 10.0 Å². The van der Waals surface area contributed by atoms with Crippen molar-refractivity contribution < 1.29 is 19.1 Å². The highest BCUT2D eigenvalue weighted by Gasteiger charge is 2.62. The monoisotopic (exact) mass is 393 g/mol. The molecule has 0 bridgehead atoms. The number of anilines is 1. The summed E-state index contributed by atoms with van der Waals surface area (Å²) in [4.78, 5) is 28.2. The van der Waals surface area contributed by atoms with Crippen molar-refractivity contribution in [1.29, 1.82) is 0 Å². The lowest BCUT2D eigenvalue weighted by atomic mass is 9.90. The number of hydrogen-bond donors (Lipinski definition) is 0. The molecule has 0 aliphatic carbocycles. The summed E-state index contributed by atoms with van der Waals surface area (Å²) in [6.45, 7) is 1.65. The molecule has 2 aromatic rings. The molecule has 3 saturated heterocycles. The molecule has 3 fully saturated rings. The first kappa shape index (κ1) is 18.1. The van der Waals surface area contributed by atoms with Crippen LogP contribution in [0.2, 0.25) is 0 Å². The first-order valence-corrected chi connectivity index (χ1v) is 9.83. The zero-order valence-electron chi connectivity index (χ0n) is 16.4. The third kappa shape index (κ3) is 2.65. The normalized spacial score (nSPS) is 26.7. The number of benzene rings is 2. The molecule has 0 spiro atoms. The standard InChI is InChI=1S/C22H23N3O4/c1-28-16-8-4-14(5-9-16)19-18-20(24-13-3-12-23(19)24)22(27)25(21(18)26)15-6-10-17(29-2)11-7-15/h4-11,18-20H,3,12-13H2,1-2H3/t18-,19+,20+/m1/s1. The lowest BCUT2D eigenvalue weighted by Crippen LogP contribution is -2.44. The Kier molecular flexibility index (Phi) is 4.29. The maximum Gasteiger partial charge on any atom is 0.253 e. The number of carbonyl (C=O) groups is 2. The maximum absolute atomic E-state index is 13.5. The van der Waals surface area contributed by atoms with E-state index in [-0.39, 0.29) is 17.9 Å². The van der Waals surface area contributed by atoms with Gasteiger partial charge in [0.15, 0.2) is 0 Å². The highest BCUT2D eigenvalue weighted by molar-refractivity contribution is 6.24. The summed E-state index contributed by atoms with van der Waals surface area (Å²) in [5, 5.41) is 4.31. The van der Waals surface area contributed by atoms with E-state index in [1.807, 2.05) is 24.3 Å². The van der Waals surface area contributed by atoms with Gasteiger partial charge in [-0.1, -0.05) is 12.1 Å². The summed E-state index contributed by atoms with van der Waals surface area (Å²) in [7, 11) is 3.22. The van der Waals surface area contributed by atoms with Crippen LogP contribution in [0.25, 0.3) is 0 Å². The Labute approximate surface area is 169 Å². The van der Waals surface area contributed by atoms with E-state index in [0.717, 1.165) is 30.8 Å². The van der Waals surface area contributed by atoms with Gasteiger partial charge in [-0.2, -0.15) is 0 Å². The Balaban J connectivity index is 1.53. The lowest BCUT2D eigenvalue weighted by molar-refractivity contribution is -0.126. The molecule has 0 N–H and O–H groups in total. The fourth-order valence-corrected chi connectivity index (χ4v) is 4.90. The van der Waals surface area contributed by atoms with Crippen molar-refractivity contribution in [2.75, 3.05) is 32.2 Å². The van der Waals surface area contributed by atoms with Crippen molar-refractivity contribution in [3.8, 4) is 11.5 Å². The Morgan fingerprint density at radius 3 is 1.90 bits per heavy atom. The van der Waals surface area contributed by atoms with Gasteiger partial charge in [-0.15, -0.1) is 0 Å². The van der Waals surface area contributed by atoms with Gasteiger partial charge in [0.25, 0.3) is 5.91 Å². The minimum atomic E-state index is -0.445. The Hall–Kier alpha value is -2.90. The SMILES string of the molecule is COc1ccc([C@H]2[C@H]3C(=O)N(c4ccc(OC)cc4)C(=O)[C@H]3N3CCCN23)cc1. The first-order chi connectivity index (χ1) is 14.1. The van der Waals surface area contributed by atoms with Gasteiger partial charge in [0.05, 0.1) is 31.9 Å². The maximum atomic E-state index is 13.5. The largest absolute Gasteiger partial charge is 0.497 e. The van der Waals surface area contributed by atoms with Crippen LogP contribution in [0.5, 0.6) is 11.5 Å². The number of fused-ring (bicyclic) bond motifs is 3. The summed E-state index contributed by atoms with van der Waals surface area (Å²) in [6.07, 6.45) is 0.986. The number of hydrazine groups is 1. The Morgan fingerprint density at radius 2 is 1.31 bits per heavy atom. The van der Waals surface area contributed by atoms with Crippen molar-refractivity contribution >= 4 is 17.5 Å². The molecule has 0 saturated carbocycles. The molecule has 0 aromatic heterocycles. The molecule has 150 valence electrons. The second-order valence-corrected chi connectivity index (χ2v) is 7.58. The van der Waals surface area contributed by atoms with E-state index in [0.29, 0.717) is 11.4 Å². The fourth-order valence-electron chi connectivity index (χ4n) is 4.90. The van der Waals surface area contributed by atoms with Crippen LogP contribution < -0.4 is 14.4 Å². The molecule has 3 aliphatic heterocycles. The van der Waals surface area contributed by atoms with E-state index in [4.69, 9.17) is 9.47 Å². The molecule has 3 aliphatic rings. The first-order valence-electron chi connectivity index (χ1n) is 9.83. The van der Waals surface area contributed by atoms with E-state index in [1.165, 1.54) is 4.90 Å². The molecule has 29 heavy (non-hydrogen) atoms. The van der Waals surface area contributed by atoms with Crippen molar-refractivity contribution in [3.63, 3.8) is 0 Å². The number of rotatable bonds is 4. The van der Waals surface area contributed by atoms with E-state index >= 15 is 0 Å². The van der Waals surface area contributed by atoms with Crippen LogP contribution >= 0.6 is 0 Å². The molecule has 7 nitrogen and oxygen atoms in total. The highest BCUT2D eigenvalue weighted by atomic mass is 16.5. The zero-order chi connectivity index (χ0) is 20.1. The Morgan fingerprint density at radius 1 is 0.759 bits per heavy atom. The summed E-state index contributed by atoms with van der Waals surface area (Å²) < 4.78 is 10.5. The quantitative estimate of drug-likeness (QED) is 0.743. The molecule has 7 heteroatoms. The minimum Gasteiger partial charge on any atom is -0.497 e. The van der Waals surface area contributed by atoms with Gasteiger partial charge < -0.3 is 9.47 Å². The average molecular weight is 393 g/mol. The number of ether oxygens (including phenoxy) is 2. The van der Waals surface area contributed by atoms with Gasteiger partial charge in [-0.05, 0) is 48.4 Å². The van der Waals surface area contributed by atoms with Crippen LogP contribution in [0, 0.1) is 5.92 Å². The van der Waals surface area contributed by atoms with Crippen molar-refractivity contribution in [2.24, 2.45) is 5.92 Å². The topological polar surface area (TPSA) is 62.3 Å². The van der Waals surface area contributed by atoms with Gasteiger partial charge in [-0.25, -0.2) is 14.9 Å². The van der Waals surface area contributed by atoms with Gasteiger partial charge in [0.2, 0.25) is 5.91 Å². The predicted octanol–water partition coefficient (Wildman–Crippen LogP) is 2.24. The lowest BCUT2D eigenvalue weighted by Gasteiger charge is -2.29. The molecular weight excluding hydrogens is 370 g/mol. The summed E-state index contributed by atoms with van der Waals surface area (Å²) in [6, 6.07) is 14.3. The smallest absolute Gasteiger partial charge is 0.253 e. The van der Waals surface area contributed by atoms with Crippen LogP contribution in [0.1, 0.15) is 18.0 Å². The second-order valence-electron chi connectivity index (χ2n) is 7.58. The summed E-state index contributed by atoms with van der Waals surface area (Å²) in [5.41, 5.74) is 1.62. The molecule has 5 rings (SSSR count). The van der Waals surface area contributed by atoms with E-state index < -0.39 is 12.0 Å². The summed E-state index contributed by atoms with van der Waals surface area (Å²) >= 11 is 0. The highest BCUT2D eigenvalue weighted by Crippen LogP contribution is 2.49. The van der Waals surface area contributed by atoms with E-state index in [9.17, 15) is 9.59 Å². The third-order valence-corrected chi connectivity index (χ3v) is 6.19. The van der Waals surface area contributed by atoms with Crippen LogP contribution in [0.4, 0.5) is 5.69 Å². The number of imide groups is 1. The molecule has 3 atom stereocenters. The molecular formula is C22H23N3O4. The van der Waals surface area contributed by atoms with Crippen LogP contribution in [-0.4, -0.2) is 55.2 Å². The van der Waals surface area contributed by atoms with Crippen molar-refractivity contribution in [2.45, 2.75) is 18.5 Å². The summed E-state index contributed by atoms with van der Waals surface area (Å²) in [5.74, 6) is 0.761. The van der Waals surface area contributed by atoms with Crippen LogP contribution in [-0.2, 0) is 9.59 Å². The number of carbonyl (C=O) groups excluding carboxylic acids is 2. The molecule has 0 unspecified atom stereocenters. The van der Waals surface area contributed by atoms with E-state index in [1.54, 1.807) is 38.5 Å². The fraction of sp³-hybridized carbons (Fsp3) is 0.364. The van der Waals surface area contributed by atoms with Gasteiger partial charge >= 0.3 is 0 Å². The number of methoxy groups -OCH3 is 2. The van der Waals surface area contributed by atoms with Gasteiger partial charge in [-0.3, -0.25) is 9.59 Å². The number of nitrogens with zero attached hydrogens (tertiary/aromatic N) is 3. The molecule has 3 heterocycles. The molecule has 0 radical (unpaired) electrons. The van der Waals surface area contributed by atoms with Gasteiger partial charge in [0, 0.05) is 13.1 Å². The van der Waals surface area contributed by atoms with Crippen LogP contribution in [0.15, 0.2) is 48.5 Å². The van der Waals surface area contributed by atoms with Gasteiger partial charge in [0.1, 0.15) is 17.5 Å². The second kappa shape index (κ2) is 6.86. The average Bonchev–Trinajstić information content (AvgIpc) is 3.40. The predicted molar refractivity (Wildman–Crippen MR) is 107 cm³/mol. The minimum absolute atomic E-state index is 0.139. The van der Waals surface area contributed by atoms with Crippen molar-refractivity contribution in [1.82, 2.24) is 10.0 Å². The van der Waals surface area contributed by atoms with Crippen LogP contribution in [0.3, 0.4) is 0 Å². The van der Waals surface area contributed by atoms with Crippen molar-refractivity contribution in [3.05, 3.63) is 54.1 Å². The molecule has 2 amide bonds. The Bertz CT molecular complexity index is 944. The zero-order valence-corrected chi connectivity index (χ0v) is 16.4.